The van der Waals surface area contributed by atoms with Crippen molar-refractivity contribution in [2.24, 2.45) is 0 Å². The second kappa shape index (κ2) is 6.85. The molecule has 0 radical (unpaired) electrons. The van der Waals surface area contributed by atoms with Crippen LogP contribution >= 0.6 is 11.6 Å². The van der Waals surface area contributed by atoms with Crippen LogP contribution in [0.2, 0.25) is 5.02 Å². The quantitative estimate of drug-likeness (QED) is 0.542. The molecule has 3 aromatic heterocycles. The SMILES string of the molecule is O=C1CC(c2noc(-c3cc(-c4ccco4)n[nH]3)n2)CN1c1cc(Cl)ccc1F. The molecule has 0 spiro atoms. The third-order valence-electron chi connectivity index (χ3n) is 4.71. The number of nitrogens with one attached hydrogen (secondary N) is 1. The van der Waals surface area contributed by atoms with Crippen LogP contribution in [0.1, 0.15) is 18.2 Å². The Morgan fingerprint density at radius 2 is 2.17 bits per heavy atom. The first-order chi connectivity index (χ1) is 14.1. The van der Waals surface area contributed by atoms with Crippen LogP contribution in [0, 0.1) is 5.82 Å². The molecule has 29 heavy (non-hydrogen) atoms. The number of amides is 1. The molecule has 1 atom stereocenters. The van der Waals surface area contributed by atoms with E-state index in [4.69, 9.17) is 20.5 Å². The number of rotatable bonds is 4. The summed E-state index contributed by atoms with van der Waals surface area (Å²) < 4.78 is 24.8. The van der Waals surface area contributed by atoms with Crippen LogP contribution in [0.5, 0.6) is 0 Å². The molecule has 10 heteroatoms. The van der Waals surface area contributed by atoms with Crippen molar-refractivity contribution in [3.63, 3.8) is 0 Å². The molecule has 1 N–H and O–H groups in total. The van der Waals surface area contributed by atoms with Gasteiger partial charge in [-0.3, -0.25) is 9.89 Å². The molecule has 0 saturated carbocycles. The van der Waals surface area contributed by atoms with Gasteiger partial charge in [0.15, 0.2) is 11.6 Å². The zero-order valence-corrected chi connectivity index (χ0v) is 15.6. The predicted molar refractivity (Wildman–Crippen MR) is 101 cm³/mol. The average Bonchev–Trinajstić information content (AvgIpc) is 3.49. The molecule has 4 aromatic rings. The molecule has 5 rings (SSSR count). The van der Waals surface area contributed by atoms with E-state index >= 15 is 0 Å². The molecule has 146 valence electrons. The number of H-pyrrole nitrogens is 1. The second-order valence-corrected chi connectivity index (χ2v) is 7.04. The van der Waals surface area contributed by atoms with Crippen LogP contribution in [-0.2, 0) is 4.79 Å². The summed E-state index contributed by atoms with van der Waals surface area (Å²) in [6.07, 6.45) is 1.70. The van der Waals surface area contributed by atoms with Crippen molar-refractivity contribution in [3.05, 3.63) is 59.3 Å². The number of hydrogen-bond donors (Lipinski definition) is 1. The van der Waals surface area contributed by atoms with Crippen LogP contribution in [0.3, 0.4) is 0 Å². The summed E-state index contributed by atoms with van der Waals surface area (Å²) in [6.45, 7) is 0.232. The van der Waals surface area contributed by atoms with Crippen LogP contribution in [0.25, 0.3) is 23.0 Å². The second-order valence-electron chi connectivity index (χ2n) is 6.60. The standard InChI is InChI=1S/C19H13ClFN5O3/c20-11-3-4-12(21)15(7-11)26-9-10(6-17(26)27)18-22-19(29-25-18)14-8-13(23-24-14)16-2-1-5-28-16/h1-5,7-8,10H,6,9H2,(H,23,24). The molecule has 1 fully saturated rings. The van der Waals surface area contributed by atoms with E-state index in [0.29, 0.717) is 28.0 Å². The van der Waals surface area contributed by atoms with Crippen molar-refractivity contribution < 1.29 is 18.1 Å². The van der Waals surface area contributed by atoms with Gasteiger partial charge in [-0.1, -0.05) is 16.8 Å². The van der Waals surface area contributed by atoms with E-state index in [9.17, 15) is 9.18 Å². The van der Waals surface area contributed by atoms with Gasteiger partial charge in [-0.05, 0) is 30.3 Å². The molecule has 0 bridgehead atoms. The van der Waals surface area contributed by atoms with Gasteiger partial charge in [-0.25, -0.2) is 4.39 Å². The topological polar surface area (TPSA) is 101 Å². The van der Waals surface area contributed by atoms with Gasteiger partial charge >= 0.3 is 0 Å². The van der Waals surface area contributed by atoms with E-state index in [2.05, 4.69) is 20.3 Å². The minimum Gasteiger partial charge on any atom is -0.463 e. The summed E-state index contributed by atoms with van der Waals surface area (Å²) in [6, 6.07) is 9.38. The zero-order chi connectivity index (χ0) is 20.0. The fourth-order valence-electron chi connectivity index (χ4n) is 3.30. The highest BCUT2D eigenvalue weighted by molar-refractivity contribution is 6.31. The Morgan fingerprint density at radius 3 is 3.00 bits per heavy atom. The number of aromatic amines is 1. The summed E-state index contributed by atoms with van der Waals surface area (Å²) in [5, 5.41) is 11.3. The summed E-state index contributed by atoms with van der Waals surface area (Å²) in [5.74, 6) is 0.139. The van der Waals surface area contributed by atoms with Crippen LogP contribution in [-0.4, -0.2) is 32.8 Å². The number of furan rings is 1. The van der Waals surface area contributed by atoms with Crippen molar-refractivity contribution in [3.8, 4) is 23.0 Å². The van der Waals surface area contributed by atoms with Crippen molar-refractivity contribution in [1.29, 1.82) is 0 Å². The molecule has 1 aliphatic heterocycles. The Morgan fingerprint density at radius 1 is 1.28 bits per heavy atom. The van der Waals surface area contributed by atoms with Gasteiger partial charge in [0, 0.05) is 30.0 Å². The van der Waals surface area contributed by atoms with E-state index in [-0.39, 0.29) is 36.4 Å². The summed E-state index contributed by atoms with van der Waals surface area (Å²) in [5.41, 5.74) is 1.27. The maximum atomic E-state index is 14.1. The molecular formula is C19H13ClFN5O3. The number of nitrogens with zero attached hydrogens (tertiary/aromatic N) is 4. The van der Waals surface area contributed by atoms with Gasteiger partial charge in [-0.2, -0.15) is 10.1 Å². The molecule has 1 aliphatic rings. The highest BCUT2D eigenvalue weighted by atomic mass is 35.5. The third-order valence-corrected chi connectivity index (χ3v) is 4.95. The lowest BCUT2D eigenvalue weighted by Gasteiger charge is -2.17. The molecule has 1 amide bonds. The fraction of sp³-hybridized carbons (Fsp3) is 0.158. The maximum absolute atomic E-state index is 14.1. The van der Waals surface area contributed by atoms with E-state index in [1.807, 2.05) is 0 Å². The molecule has 8 nitrogen and oxygen atoms in total. The lowest BCUT2D eigenvalue weighted by molar-refractivity contribution is -0.117. The minimum absolute atomic E-state index is 0.144. The van der Waals surface area contributed by atoms with Crippen LogP contribution in [0.15, 0.2) is 51.6 Å². The van der Waals surface area contributed by atoms with Gasteiger partial charge in [0.1, 0.15) is 17.2 Å². The normalized spacial score (nSPS) is 16.7. The molecule has 4 heterocycles. The van der Waals surface area contributed by atoms with Gasteiger partial charge < -0.3 is 13.8 Å². The molecular weight excluding hydrogens is 401 g/mol. The molecule has 0 aliphatic carbocycles. The Bertz CT molecular complexity index is 1190. The first-order valence-electron chi connectivity index (χ1n) is 8.77. The first kappa shape index (κ1) is 17.6. The van der Waals surface area contributed by atoms with Crippen LogP contribution in [0.4, 0.5) is 10.1 Å². The lowest BCUT2D eigenvalue weighted by atomic mass is 10.1. The van der Waals surface area contributed by atoms with E-state index in [1.165, 1.54) is 23.1 Å². The minimum atomic E-state index is -0.514. The monoisotopic (exact) mass is 413 g/mol. The number of hydrogen-bond acceptors (Lipinski definition) is 6. The maximum Gasteiger partial charge on any atom is 0.275 e. The number of benzene rings is 1. The number of anilines is 1. The Hall–Kier alpha value is -3.46. The molecule has 1 aromatic carbocycles. The fourth-order valence-corrected chi connectivity index (χ4v) is 3.46. The number of carbonyl (C=O) groups excluding carboxylic acids is 1. The summed E-state index contributed by atoms with van der Waals surface area (Å²) in [7, 11) is 0. The Kier molecular flexibility index (Phi) is 4.17. The van der Waals surface area contributed by atoms with Gasteiger partial charge in [-0.15, -0.1) is 0 Å². The highest BCUT2D eigenvalue weighted by Gasteiger charge is 2.36. The zero-order valence-electron chi connectivity index (χ0n) is 14.8. The predicted octanol–water partition coefficient (Wildman–Crippen LogP) is 4.03. The summed E-state index contributed by atoms with van der Waals surface area (Å²) >= 11 is 5.95. The Balaban J connectivity index is 1.37. The van der Waals surface area contributed by atoms with E-state index < -0.39 is 5.82 Å². The number of aromatic nitrogens is 4. The van der Waals surface area contributed by atoms with Gasteiger partial charge in [0.2, 0.25) is 5.91 Å². The molecule has 1 saturated heterocycles. The Labute approximate surface area is 168 Å². The largest absolute Gasteiger partial charge is 0.463 e. The van der Waals surface area contributed by atoms with Crippen molar-refractivity contribution >= 4 is 23.2 Å². The van der Waals surface area contributed by atoms with Crippen molar-refractivity contribution in [2.75, 3.05) is 11.4 Å². The average molecular weight is 414 g/mol. The number of carbonyl (C=O) groups is 1. The summed E-state index contributed by atoms with van der Waals surface area (Å²) in [4.78, 5) is 18.2. The first-order valence-corrected chi connectivity index (χ1v) is 9.15. The molecule has 1 unspecified atom stereocenters. The van der Waals surface area contributed by atoms with Gasteiger partial charge in [0.05, 0.1) is 12.0 Å². The number of halogens is 2. The van der Waals surface area contributed by atoms with Crippen LogP contribution < -0.4 is 4.90 Å². The lowest BCUT2D eigenvalue weighted by Crippen LogP contribution is -2.25. The smallest absolute Gasteiger partial charge is 0.275 e. The van der Waals surface area contributed by atoms with E-state index in [1.54, 1.807) is 24.5 Å². The van der Waals surface area contributed by atoms with E-state index in [0.717, 1.165) is 0 Å². The van der Waals surface area contributed by atoms with Crippen molar-refractivity contribution in [2.45, 2.75) is 12.3 Å². The highest BCUT2D eigenvalue weighted by Crippen LogP contribution is 2.34. The van der Waals surface area contributed by atoms with Crippen molar-refractivity contribution in [1.82, 2.24) is 20.3 Å². The van der Waals surface area contributed by atoms with Gasteiger partial charge in [0.25, 0.3) is 5.89 Å². The third kappa shape index (κ3) is 3.19.